The van der Waals surface area contributed by atoms with E-state index in [1.54, 1.807) is 0 Å². The minimum Gasteiger partial charge on any atom is -0.508 e. The Hall–Kier alpha value is -2.94. The monoisotopic (exact) mass is 414 g/mol. The van der Waals surface area contributed by atoms with Crippen LogP contribution >= 0.6 is 0 Å². The number of fused-ring (bicyclic) bond motifs is 1. The number of hydrogen-bond donors (Lipinski definition) is 3. The van der Waals surface area contributed by atoms with Gasteiger partial charge in [0.05, 0.1) is 0 Å². The Morgan fingerprint density at radius 1 is 0.968 bits per heavy atom. The molecule has 0 unspecified atom stereocenters. The normalized spacial score (nSPS) is 15.7. The van der Waals surface area contributed by atoms with Crippen molar-refractivity contribution in [2.75, 3.05) is 10.6 Å². The Balaban J connectivity index is 1.73. The molecule has 0 spiro atoms. The van der Waals surface area contributed by atoms with Gasteiger partial charge in [-0.2, -0.15) is 0 Å². The fraction of sp³-hybridized carbons (Fsp3) is 0.357. The van der Waals surface area contributed by atoms with Crippen molar-refractivity contribution in [1.82, 2.24) is 0 Å². The Morgan fingerprint density at radius 3 is 2.23 bits per heavy atom. The number of hydrogen-bond acceptors (Lipinski definition) is 3. The van der Waals surface area contributed by atoms with E-state index in [2.05, 4.69) is 95.3 Å². The summed E-state index contributed by atoms with van der Waals surface area (Å²) in [5.74, 6) is 0.317. The molecule has 1 heterocycles. The summed E-state index contributed by atoms with van der Waals surface area (Å²) in [6, 6.07) is 12.4. The molecule has 4 rings (SSSR count). The van der Waals surface area contributed by atoms with Crippen LogP contribution in [0.25, 0.3) is 5.57 Å². The van der Waals surface area contributed by atoms with E-state index in [9.17, 15) is 5.11 Å². The van der Waals surface area contributed by atoms with Crippen molar-refractivity contribution >= 4 is 16.9 Å². The molecule has 2 aromatic rings. The van der Waals surface area contributed by atoms with Gasteiger partial charge in [0.1, 0.15) is 5.75 Å². The zero-order valence-electron chi connectivity index (χ0n) is 19.6. The first-order chi connectivity index (χ1) is 14.5. The SMILES string of the molecule is C=C(Nc1cc(O)c(C(C)(C)C)cc1C(C)(C)C)C1=CNc2ccccc2C1=C1CC1. The number of phenolic OH excluding ortho intramolecular Hbond substituents is 1. The number of phenols is 1. The zero-order valence-corrected chi connectivity index (χ0v) is 19.6. The summed E-state index contributed by atoms with van der Waals surface area (Å²) in [5, 5.41) is 17.8. The molecule has 3 N–H and O–H groups in total. The second-order valence-electron chi connectivity index (χ2n) is 10.7. The van der Waals surface area contributed by atoms with Crippen LogP contribution in [0.2, 0.25) is 0 Å². The van der Waals surface area contributed by atoms with Crippen molar-refractivity contribution in [2.45, 2.75) is 65.2 Å². The van der Waals surface area contributed by atoms with Gasteiger partial charge in [-0.3, -0.25) is 0 Å². The summed E-state index contributed by atoms with van der Waals surface area (Å²) in [6.07, 6.45) is 4.34. The van der Waals surface area contributed by atoms with E-state index in [0.717, 1.165) is 41.1 Å². The first kappa shape index (κ1) is 21.3. The third-order valence-electron chi connectivity index (χ3n) is 6.05. The largest absolute Gasteiger partial charge is 0.508 e. The van der Waals surface area contributed by atoms with Crippen LogP contribution in [-0.4, -0.2) is 5.11 Å². The lowest BCUT2D eigenvalue weighted by Gasteiger charge is -2.30. The number of benzene rings is 2. The third-order valence-corrected chi connectivity index (χ3v) is 6.05. The van der Waals surface area contributed by atoms with Crippen molar-refractivity contribution in [1.29, 1.82) is 0 Å². The number of aromatic hydroxyl groups is 1. The molecule has 2 aliphatic rings. The van der Waals surface area contributed by atoms with Crippen molar-refractivity contribution in [3.8, 4) is 5.75 Å². The maximum Gasteiger partial charge on any atom is 0.121 e. The fourth-order valence-electron chi connectivity index (χ4n) is 4.27. The smallest absolute Gasteiger partial charge is 0.121 e. The van der Waals surface area contributed by atoms with Crippen LogP contribution in [0.4, 0.5) is 11.4 Å². The molecule has 0 amide bonds. The number of para-hydroxylation sites is 1. The maximum absolute atomic E-state index is 10.8. The predicted molar refractivity (Wildman–Crippen MR) is 133 cm³/mol. The minimum atomic E-state index is -0.136. The lowest BCUT2D eigenvalue weighted by molar-refractivity contribution is 0.445. The highest BCUT2D eigenvalue weighted by Gasteiger charge is 2.29. The summed E-state index contributed by atoms with van der Waals surface area (Å²) < 4.78 is 0. The molecule has 0 bridgehead atoms. The summed E-state index contributed by atoms with van der Waals surface area (Å²) in [6.45, 7) is 17.4. The molecule has 3 nitrogen and oxygen atoms in total. The lowest BCUT2D eigenvalue weighted by atomic mass is 9.79. The minimum absolute atomic E-state index is 0.0834. The van der Waals surface area contributed by atoms with Gasteiger partial charge >= 0.3 is 0 Å². The van der Waals surface area contributed by atoms with Gasteiger partial charge in [-0.1, -0.05) is 71.9 Å². The van der Waals surface area contributed by atoms with Crippen LogP contribution in [-0.2, 0) is 10.8 Å². The standard InChI is InChI=1S/C28H34N2O/c1-17(20-16-29-23-11-9-8-10-19(23)26(20)18-12-13-18)30-24-15-25(31)22(28(5,6)7)14-21(24)27(2,3)4/h8-11,14-16,29-31H,1,12-13H2,2-7H3. The molecule has 2 aromatic carbocycles. The van der Waals surface area contributed by atoms with Gasteiger partial charge in [-0.05, 0) is 52.5 Å². The zero-order chi connectivity index (χ0) is 22.6. The molecule has 31 heavy (non-hydrogen) atoms. The molecule has 1 fully saturated rings. The molecule has 1 aliphatic heterocycles. The molecule has 1 saturated carbocycles. The third kappa shape index (κ3) is 4.14. The first-order valence-electron chi connectivity index (χ1n) is 11.1. The first-order valence-corrected chi connectivity index (χ1v) is 11.1. The molecule has 3 heteroatoms. The van der Waals surface area contributed by atoms with Crippen molar-refractivity contribution in [3.63, 3.8) is 0 Å². The van der Waals surface area contributed by atoms with Crippen LogP contribution < -0.4 is 10.6 Å². The molecule has 1 aliphatic carbocycles. The summed E-state index contributed by atoms with van der Waals surface area (Å²) in [5.41, 5.74) is 9.88. The van der Waals surface area contributed by atoms with Crippen LogP contribution in [0.15, 0.2) is 66.0 Å². The number of nitrogens with one attached hydrogen (secondary N) is 2. The van der Waals surface area contributed by atoms with E-state index in [1.165, 1.54) is 22.3 Å². The topological polar surface area (TPSA) is 44.3 Å². The van der Waals surface area contributed by atoms with Gasteiger partial charge in [0, 0.05) is 40.5 Å². The van der Waals surface area contributed by atoms with E-state index >= 15 is 0 Å². The average molecular weight is 415 g/mol. The summed E-state index contributed by atoms with van der Waals surface area (Å²) in [4.78, 5) is 0. The quantitative estimate of drug-likeness (QED) is 0.488. The highest BCUT2D eigenvalue weighted by Crippen LogP contribution is 2.47. The van der Waals surface area contributed by atoms with Crippen LogP contribution in [0.1, 0.15) is 71.1 Å². The molecular formula is C28H34N2O. The van der Waals surface area contributed by atoms with E-state index in [-0.39, 0.29) is 10.8 Å². The van der Waals surface area contributed by atoms with Crippen LogP contribution in [0, 0.1) is 0 Å². The molecule has 162 valence electrons. The van der Waals surface area contributed by atoms with Gasteiger partial charge in [0.25, 0.3) is 0 Å². The maximum atomic E-state index is 10.8. The van der Waals surface area contributed by atoms with Crippen molar-refractivity contribution in [3.05, 3.63) is 82.7 Å². The molecule has 0 atom stereocenters. The average Bonchev–Trinajstić information content (AvgIpc) is 3.50. The number of rotatable bonds is 3. The summed E-state index contributed by atoms with van der Waals surface area (Å²) in [7, 11) is 0. The highest BCUT2D eigenvalue weighted by molar-refractivity contribution is 5.95. The van der Waals surface area contributed by atoms with E-state index < -0.39 is 0 Å². The van der Waals surface area contributed by atoms with E-state index in [4.69, 9.17) is 0 Å². The van der Waals surface area contributed by atoms with Crippen LogP contribution in [0.3, 0.4) is 0 Å². The Morgan fingerprint density at radius 2 is 1.61 bits per heavy atom. The summed E-state index contributed by atoms with van der Waals surface area (Å²) >= 11 is 0. The van der Waals surface area contributed by atoms with E-state index in [0.29, 0.717) is 5.75 Å². The Bertz CT molecular complexity index is 1110. The molecular weight excluding hydrogens is 380 g/mol. The predicted octanol–water partition coefficient (Wildman–Crippen LogP) is 7.47. The second kappa shape index (κ2) is 7.33. The van der Waals surface area contributed by atoms with Gasteiger partial charge in [0.15, 0.2) is 0 Å². The van der Waals surface area contributed by atoms with Crippen LogP contribution in [0.5, 0.6) is 5.75 Å². The molecule has 0 aromatic heterocycles. The molecule has 0 radical (unpaired) electrons. The van der Waals surface area contributed by atoms with Crippen molar-refractivity contribution in [2.24, 2.45) is 0 Å². The van der Waals surface area contributed by atoms with Gasteiger partial charge < -0.3 is 15.7 Å². The number of allylic oxidation sites excluding steroid dienone is 2. The second-order valence-corrected chi connectivity index (χ2v) is 10.7. The van der Waals surface area contributed by atoms with Gasteiger partial charge in [0.2, 0.25) is 0 Å². The Labute approximate surface area is 186 Å². The van der Waals surface area contributed by atoms with Crippen molar-refractivity contribution < 1.29 is 5.11 Å². The van der Waals surface area contributed by atoms with Gasteiger partial charge in [-0.25, -0.2) is 0 Å². The van der Waals surface area contributed by atoms with E-state index in [1.807, 2.05) is 6.07 Å². The number of anilines is 2. The lowest BCUT2D eigenvalue weighted by Crippen LogP contribution is -2.19. The molecule has 0 saturated heterocycles. The van der Waals surface area contributed by atoms with Gasteiger partial charge in [-0.15, -0.1) is 0 Å². The Kier molecular flexibility index (Phi) is 5.04. The fourth-order valence-corrected chi connectivity index (χ4v) is 4.27. The highest BCUT2D eigenvalue weighted by atomic mass is 16.3.